The maximum Gasteiger partial charge on any atom is 0.265 e. The fourth-order valence-electron chi connectivity index (χ4n) is 3.44. The minimum absolute atomic E-state index is 0.157. The molecular formula is C23H29N3O3. The van der Waals surface area contributed by atoms with Gasteiger partial charge < -0.3 is 20.7 Å². The maximum atomic E-state index is 12.8. The van der Waals surface area contributed by atoms with Crippen molar-refractivity contribution in [2.24, 2.45) is 5.73 Å². The Hall–Kier alpha value is -2.86. The number of hydrogen-bond acceptors (Lipinski definition) is 4. The SMILES string of the molecule is CCCC(Oc1cccc(CN)c1)C(=O)Nc1ccc(N2CCCCC2=O)cc1. The first-order valence-corrected chi connectivity index (χ1v) is 10.3. The molecule has 1 unspecified atom stereocenters. The number of anilines is 2. The minimum atomic E-state index is -0.587. The lowest BCUT2D eigenvalue weighted by molar-refractivity contribution is -0.123. The van der Waals surface area contributed by atoms with E-state index in [1.165, 1.54) is 0 Å². The average Bonchev–Trinajstić information content (AvgIpc) is 2.74. The number of carbonyl (C=O) groups excluding carboxylic acids is 2. The first-order chi connectivity index (χ1) is 14.1. The van der Waals surface area contributed by atoms with Crippen LogP contribution < -0.4 is 20.7 Å². The predicted molar refractivity (Wildman–Crippen MR) is 115 cm³/mol. The van der Waals surface area contributed by atoms with Crippen LogP contribution in [-0.4, -0.2) is 24.5 Å². The lowest BCUT2D eigenvalue weighted by Gasteiger charge is -2.27. The van der Waals surface area contributed by atoms with E-state index in [-0.39, 0.29) is 11.8 Å². The number of piperidine rings is 1. The molecule has 6 heteroatoms. The molecule has 1 saturated heterocycles. The van der Waals surface area contributed by atoms with E-state index in [1.807, 2.05) is 60.4 Å². The van der Waals surface area contributed by atoms with E-state index in [0.717, 1.165) is 37.1 Å². The van der Waals surface area contributed by atoms with Crippen molar-refractivity contribution < 1.29 is 14.3 Å². The number of amides is 2. The first kappa shape index (κ1) is 20.9. The van der Waals surface area contributed by atoms with Gasteiger partial charge in [-0.2, -0.15) is 0 Å². The Kier molecular flexibility index (Phi) is 7.25. The number of nitrogens with two attached hydrogens (primary N) is 1. The van der Waals surface area contributed by atoms with Gasteiger partial charge in [0, 0.05) is 30.9 Å². The fourth-order valence-corrected chi connectivity index (χ4v) is 3.44. The summed E-state index contributed by atoms with van der Waals surface area (Å²) < 4.78 is 5.94. The molecule has 29 heavy (non-hydrogen) atoms. The van der Waals surface area contributed by atoms with E-state index in [4.69, 9.17) is 10.5 Å². The first-order valence-electron chi connectivity index (χ1n) is 10.3. The molecule has 2 aromatic carbocycles. The van der Waals surface area contributed by atoms with E-state index in [9.17, 15) is 9.59 Å². The molecular weight excluding hydrogens is 366 g/mol. The van der Waals surface area contributed by atoms with Gasteiger partial charge >= 0.3 is 0 Å². The van der Waals surface area contributed by atoms with Crippen LogP contribution in [0.1, 0.15) is 44.6 Å². The monoisotopic (exact) mass is 395 g/mol. The standard InChI is InChI=1S/C23H29N3O3/c1-2-6-21(29-20-8-5-7-17(15-20)16-24)23(28)25-18-10-12-19(13-11-18)26-14-4-3-9-22(26)27/h5,7-8,10-13,15,21H,2-4,6,9,14,16,24H2,1H3,(H,25,28). The topological polar surface area (TPSA) is 84.7 Å². The summed E-state index contributed by atoms with van der Waals surface area (Å²) in [5, 5.41) is 2.92. The molecule has 2 aromatic rings. The van der Waals surface area contributed by atoms with E-state index in [2.05, 4.69) is 5.32 Å². The van der Waals surface area contributed by atoms with Gasteiger partial charge in [0.1, 0.15) is 5.75 Å². The Morgan fingerprint density at radius 3 is 2.69 bits per heavy atom. The van der Waals surface area contributed by atoms with Gasteiger partial charge in [0.25, 0.3) is 5.91 Å². The van der Waals surface area contributed by atoms with Crippen molar-refractivity contribution in [2.75, 3.05) is 16.8 Å². The van der Waals surface area contributed by atoms with E-state index in [1.54, 1.807) is 0 Å². The van der Waals surface area contributed by atoms with Gasteiger partial charge in [0.15, 0.2) is 6.10 Å². The molecule has 1 aliphatic rings. The average molecular weight is 396 g/mol. The van der Waals surface area contributed by atoms with Crippen LogP contribution in [0, 0.1) is 0 Å². The molecule has 1 atom stereocenters. The summed E-state index contributed by atoms with van der Waals surface area (Å²) in [7, 11) is 0. The molecule has 154 valence electrons. The van der Waals surface area contributed by atoms with E-state index in [0.29, 0.717) is 30.8 Å². The van der Waals surface area contributed by atoms with Crippen molar-refractivity contribution in [3.8, 4) is 5.75 Å². The quantitative estimate of drug-likeness (QED) is 0.711. The third-order valence-corrected chi connectivity index (χ3v) is 5.03. The maximum absolute atomic E-state index is 12.8. The molecule has 0 bridgehead atoms. The summed E-state index contributed by atoms with van der Waals surface area (Å²) in [5.74, 6) is 0.608. The van der Waals surface area contributed by atoms with Crippen molar-refractivity contribution in [3.63, 3.8) is 0 Å². The van der Waals surface area contributed by atoms with Crippen LogP contribution in [0.25, 0.3) is 0 Å². The van der Waals surface area contributed by atoms with Crippen LogP contribution in [0.2, 0.25) is 0 Å². The Morgan fingerprint density at radius 1 is 1.21 bits per heavy atom. The van der Waals surface area contributed by atoms with Crippen molar-refractivity contribution in [2.45, 2.75) is 51.7 Å². The van der Waals surface area contributed by atoms with Gasteiger partial charge in [-0.3, -0.25) is 9.59 Å². The highest BCUT2D eigenvalue weighted by Gasteiger charge is 2.21. The van der Waals surface area contributed by atoms with Crippen molar-refractivity contribution in [1.82, 2.24) is 0 Å². The summed E-state index contributed by atoms with van der Waals surface area (Å²) in [6.45, 7) is 3.19. The molecule has 3 rings (SSSR count). The number of rotatable bonds is 8. The summed E-state index contributed by atoms with van der Waals surface area (Å²) >= 11 is 0. The van der Waals surface area contributed by atoms with Crippen LogP contribution in [0.3, 0.4) is 0 Å². The Bertz CT molecular complexity index is 836. The predicted octanol–water partition coefficient (Wildman–Crippen LogP) is 3.85. The molecule has 1 aliphatic heterocycles. The smallest absolute Gasteiger partial charge is 0.265 e. The molecule has 6 nitrogen and oxygen atoms in total. The number of benzene rings is 2. The second-order valence-corrected chi connectivity index (χ2v) is 7.29. The molecule has 1 fully saturated rings. The number of nitrogens with one attached hydrogen (secondary N) is 1. The lowest BCUT2D eigenvalue weighted by atomic mass is 10.1. The second-order valence-electron chi connectivity index (χ2n) is 7.29. The summed E-state index contributed by atoms with van der Waals surface area (Å²) in [5.41, 5.74) is 8.20. The molecule has 0 aromatic heterocycles. The Balaban J connectivity index is 1.65. The van der Waals surface area contributed by atoms with Crippen molar-refractivity contribution in [3.05, 3.63) is 54.1 Å². The number of ether oxygens (including phenoxy) is 1. The summed E-state index contributed by atoms with van der Waals surface area (Å²) in [6, 6.07) is 14.9. The van der Waals surface area contributed by atoms with E-state index >= 15 is 0 Å². The third-order valence-electron chi connectivity index (χ3n) is 5.03. The molecule has 0 saturated carbocycles. The van der Waals surface area contributed by atoms with Gasteiger partial charge in [-0.15, -0.1) is 0 Å². The molecule has 0 radical (unpaired) electrons. The van der Waals surface area contributed by atoms with Gasteiger partial charge in [-0.05, 0) is 61.2 Å². The fraction of sp³-hybridized carbons (Fsp3) is 0.391. The van der Waals surface area contributed by atoms with Crippen LogP contribution >= 0.6 is 0 Å². The highest BCUT2D eigenvalue weighted by atomic mass is 16.5. The third kappa shape index (κ3) is 5.57. The lowest BCUT2D eigenvalue weighted by Crippen LogP contribution is -2.35. The summed E-state index contributed by atoms with van der Waals surface area (Å²) in [4.78, 5) is 26.7. The Morgan fingerprint density at radius 2 is 2.00 bits per heavy atom. The van der Waals surface area contributed by atoms with E-state index < -0.39 is 6.10 Å². The van der Waals surface area contributed by atoms with Crippen LogP contribution in [-0.2, 0) is 16.1 Å². The van der Waals surface area contributed by atoms with Gasteiger partial charge in [-0.25, -0.2) is 0 Å². The second kappa shape index (κ2) is 10.1. The Labute approximate surface area is 172 Å². The van der Waals surface area contributed by atoms with Gasteiger partial charge in [0.2, 0.25) is 5.91 Å². The molecule has 1 heterocycles. The number of nitrogens with zero attached hydrogens (tertiary/aromatic N) is 1. The summed E-state index contributed by atoms with van der Waals surface area (Å²) in [6.07, 6.45) is 3.42. The number of hydrogen-bond donors (Lipinski definition) is 2. The zero-order valence-corrected chi connectivity index (χ0v) is 16.9. The molecule has 0 spiro atoms. The zero-order valence-electron chi connectivity index (χ0n) is 16.9. The van der Waals surface area contributed by atoms with Crippen molar-refractivity contribution >= 4 is 23.2 Å². The molecule has 2 amide bonds. The largest absolute Gasteiger partial charge is 0.481 e. The van der Waals surface area contributed by atoms with Crippen LogP contribution in [0.5, 0.6) is 5.75 Å². The zero-order chi connectivity index (χ0) is 20.6. The van der Waals surface area contributed by atoms with Crippen LogP contribution in [0.15, 0.2) is 48.5 Å². The van der Waals surface area contributed by atoms with Crippen LogP contribution in [0.4, 0.5) is 11.4 Å². The highest BCUT2D eigenvalue weighted by Crippen LogP contribution is 2.23. The number of carbonyl (C=O) groups is 2. The van der Waals surface area contributed by atoms with Crippen molar-refractivity contribution in [1.29, 1.82) is 0 Å². The molecule has 3 N–H and O–H groups in total. The molecule has 0 aliphatic carbocycles. The normalized spacial score (nSPS) is 15.1. The van der Waals surface area contributed by atoms with Gasteiger partial charge in [-0.1, -0.05) is 25.5 Å². The highest BCUT2D eigenvalue weighted by molar-refractivity contribution is 5.96. The van der Waals surface area contributed by atoms with Gasteiger partial charge in [0.05, 0.1) is 0 Å². The minimum Gasteiger partial charge on any atom is -0.481 e.